The molecule has 1 nitrogen and oxygen atoms in total. The number of hydrogen-bond donors (Lipinski definition) is 0. The molecule has 94 valence electrons. The molecule has 0 saturated heterocycles. The zero-order chi connectivity index (χ0) is 10.9. The third-order valence-corrected chi connectivity index (χ3v) is 2.68. The van der Waals surface area contributed by atoms with E-state index in [4.69, 9.17) is 0 Å². The number of hydrogen-bond acceptors (Lipinski definition) is 0. The van der Waals surface area contributed by atoms with Gasteiger partial charge in [-0.05, 0) is 12.8 Å². The minimum atomic E-state index is 0. The molecule has 0 saturated carbocycles. The Bertz CT molecular complexity index is 118. The van der Waals surface area contributed by atoms with Crippen LogP contribution in [0.15, 0.2) is 0 Å². The normalized spacial score (nSPS) is 11.2. The van der Waals surface area contributed by atoms with Crippen LogP contribution in [-0.2, 0) is 0 Å². The average Bonchev–Trinajstić information content (AvgIpc) is 2.08. The standard InChI is InChI=1S/C13H30N.H3P/c1-5-6-7-8-9-10-11-12-13-14(2,3)4;/h5-13H2,1-4H3;1H3/q+1;. The number of quaternary nitrogens is 1. The molecule has 1 unspecified atom stereocenters. The zero-order valence-electron chi connectivity index (χ0n) is 11.5. The first-order valence-corrected chi connectivity index (χ1v) is 6.36. The van der Waals surface area contributed by atoms with Gasteiger partial charge in [0, 0.05) is 0 Å². The van der Waals surface area contributed by atoms with Crippen LogP contribution in [0, 0.1) is 0 Å². The Hall–Kier alpha value is 0.390. The van der Waals surface area contributed by atoms with Gasteiger partial charge in [-0.2, -0.15) is 9.90 Å². The average molecular weight is 234 g/mol. The third-order valence-electron chi connectivity index (χ3n) is 2.68. The van der Waals surface area contributed by atoms with Gasteiger partial charge >= 0.3 is 0 Å². The fraction of sp³-hybridized carbons (Fsp3) is 1.00. The molecule has 0 aromatic heterocycles. The van der Waals surface area contributed by atoms with Crippen LogP contribution in [0.2, 0.25) is 0 Å². The largest absolute Gasteiger partial charge is 0.331 e. The molecule has 0 aliphatic heterocycles. The molecule has 0 fully saturated rings. The molecule has 2 heteroatoms. The lowest BCUT2D eigenvalue weighted by Gasteiger charge is -2.23. The third kappa shape index (κ3) is 17.0. The monoisotopic (exact) mass is 234 g/mol. The van der Waals surface area contributed by atoms with E-state index in [1.807, 2.05) is 0 Å². The van der Waals surface area contributed by atoms with Crippen molar-refractivity contribution < 1.29 is 4.48 Å². The molecular formula is C13H33NP+. The van der Waals surface area contributed by atoms with Crippen molar-refractivity contribution in [1.29, 1.82) is 0 Å². The molecule has 0 radical (unpaired) electrons. The van der Waals surface area contributed by atoms with Gasteiger partial charge in [-0.25, -0.2) is 0 Å². The molecule has 0 aromatic carbocycles. The maximum absolute atomic E-state index is 2.28. The summed E-state index contributed by atoms with van der Waals surface area (Å²) in [4.78, 5) is 0. The maximum Gasteiger partial charge on any atom is 0.0780 e. The predicted molar refractivity (Wildman–Crippen MR) is 76.6 cm³/mol. The molecule has 0 aliphatic rings. The molecular weight excluding hydrogens is 201 g/mol. The molecule has 0 amide bonds. The second-order valence-corrected chi connectivity index (χ2v) is 5.49. The first-order chi connectivity index (χ1) is 6.56. The van der Waals surface area contributed by atoms with Crippen molar-refractivity contribution in [3.8, 4) is 0 Å². The minimum absolute atomic E-state index is 0. The fourth-order valence-corrected chi connectivity index (χ4v) is 1.72. The number of rotatable bonds is 9. The molecule has 0 rings (SSSR count). The van der Waals surface area contributed by atoms with Crippen LogP contribution >= 0.6 is 9.90 Å². The Labute approximate surface area is 101 Å². The van der Waals surface area contributed by atoms with Gasteiger partial charge < -0.3 is 4.48 Å². The van der Waals surface area contributed by atoms with E-state index in [1.54, 1.807) is 0 Å². The minimum Gasteiger partial charge on any atom is -0.331 e. The summed E-state index contributed by atoms with van der Waals surface area (Å²) in [6, 6.07) is 0. The van der Waals surface area contributed by atoms with Crippen molar-refractivity contribution in [2.24, 2.45) is 0 Å². The fourth-order valence-electron chi connectivity index (χ4n) is 1.72. The second-order valence-electron chi connectivity index (χ2n) is 5.49. The van der Waals surface area contributed by atoms with Crippen molar-refractivity contribution in [2.75, 3.05) is 27.7 Å². The van der Waals surface area contributed by atoms with Crippen LogP contribution in [0.4, 0.5) is 0 Å². The lowest BCUT2D eigenvalue weighted by molar-refractivity contribution is -0.870. The van der Waals surface area contributed by atoms with Crippen LogP contribution in [0.3, 0.4) is 0 Å². The Morgan fingerprint density at radius 1 is 0.667 bits per heavy atom. The van der Waals surface area contributed by atoms with Gasteiger partial charge in [0.15, 0.2) is 0 Å². The van der Waals surface area contributed by atoms with Crippen molar-refractivity contribution in [1.82, 2.24) is 0 Å². The Morgan fingerprint density at radius 2 is 1.07 bits per heavy atom. The van der Waals surface area contributed by atoms with E-state index in [2.05, 4.69) is 28.1 Å². The predicted octanol–water partition coefficient (Wildman–Crippen LogP) is 3.89. The first-order valence-electron chi connectivity index (χ1n) is 6.36. The van der Waals surface area contributed by atoms with Crippen molar-refractivity contribution in [2.45, 2.75) is 58.3 Å². The summed E-state index contributed by atoms with van der Waals surface area (Å²) in [5.74, 6) is 0. The quantitative estimate of drug-likeness (QED) is 0.322. The van der Waals surface area contributed by atoms with Gasteiger partial charge in [-0.3, -0.25) is 0 Å². The number of unbranched alkanes of at least 4 members (excludes halogenated alkanes) is 7. The second kappa shape index (κ2) is 10.9. The van der Waals surface area contributed by atoms with Crippen LogP contribution in [0.25, 0.3) is 0 Å². The molecule has 0 bridgehead atoms. The summed E-state index contributed by atoms with van der Waals surface area (Å²) >= 11 is 0. The van der Waals surface area contributed by atoms with Gasteiger partial charge in [-0.15, -0.1) is 0 Å². The van der Waals surface area contributed by atoms with Crippen LogP contribution in [-0.4, -0.2) is 32.2 Å². The van der Waals surface area contributed by atoms with Crippen molar-refractivity contribution in [3.05, 3.63) is 0 Å². The van der Waals surface area contributed by atoms with Crippen molar-refractivity contribution >= 4 is 9.90 Å². The Morgan fingerprint density at radius 3 is 1.47 bits per heavy atom. The lowest BCUT2D eigenvalue weighted by Crippen LogP contribution is -2.35. The van der Waals surface area contributed by atoms with Crippen LogP contribution in [0.5, 0.6) is 0 Å². The van der Waals surface area contributed by atoms with Crippen LogP contribution < -0.4 is 0 Å². The number of nitrogens with zero attached hydrogens (tertiary/aromatic N) is 1. The lowest BCUT2D eigenvalue weighted by atomic mass is 10.1. The highest BCUT2D eigenvalue weighted by molar-refractivity contribution is 6.92. The summed E-state index contributed by atoms with van der Waals surface area (Å²) in [6.45, 7) is 3.61. The van der Waals surface area contributed by atoms with Crippen LogP contribution in [0.1, 0.15) is 58.3 Å². The van der Waals surface area contributed by atoms with Crippen molar-refractivity contribution in [3.63, 3.8) is 0 Å². The van der Waals surface area contributed by atoms with E-state index in [0.717, 1.165) is 4.48 Å². The molecule has 0 N–H and O–H groups in total. The van der Waals surface area contributed by atoms with E-state index in [0.29, 0.717) is 0 Å². The van der Waals surface area contributed by atoms with Gasteiger partial charge in [0.1, 0.15) is 0 Å². The van der Waals surface area contributed by atoms with E-state index in [-0.39, 0.29) is 9.90 Å². The maximum atomic E-state index is 2.28. The van der Waals surface area contributed by atoms with E-state index >= 15 is 0 Å². The summed E-state index contributed by atoms with van der Waals surface area (Å²) in [6.07, 6.45) is 11.4. The molecule has 15 heavy (non-hydrogen) atoms. The summed E-state index contributed by atoms with van der Waals surface area (Å²) < 4.78 is 1.12. The van der Waals surface area contributed by atoms with Gasteiger partial charge in [0.05, 0.1) is 27.7 Å². The highest BCUT2D eigenvalue weighted by atomic mass is 31.0. The summed E-state index contributed by atoms with van der Waals surface area (Å²) in [5.41, 5.74) is 0. The van der Waals surface area contributed by atoms with E-state index in [1.165, 1.54) is 57.9 Å². The first kappa shape index (κ1) is 17.8. The topological polar surface area (TPSA) is 0 Å². The van der Waals surface area contributed by atoms with Gasteiger partial charge in [0.2, 0.25) is 0 Å². The molecule has 0 aromatic rings. The van der Waals surface area contributed by atoms with E-state index in [9.17, 15) is 0 Å². The Balaban J connectivity index is 0. The Kier molecular flexibility index (Phi) is 12.9. The molecule has 0 spiro atoms. The molecule has 0 heterocycles. The SMILES string of the molecule is CCCCCCCCCC[N+](C)(C)C.P. The zero-order valence-corrected chi connectivity index (χ0v) is 12.9. The van der Waals surface area contributed by atoms with Gasteiger partial charge in [0.25, 0.3) is 0 Å². The smallest absolute Gasteiger partial charge is 0.0780 e. The molecule has 1 atom stereocenters. The highest BCUT2D eigenvalue weighted by Gasteiger charge is 2.04. The summed E-state index contributed by atoms with van der Waals surface area (Å²) in [7, 11) is 6.84. The van der Waals surface area contributed by atoms with E-state index < -0.39 is 0 Å². The summed E-state index contributed by atoms with van der Waals surface area (Å²) in [5, 5.41) is 0. The highest BCUT2D eigenvalue weighted by Crippen LogP contribution is 2.09. The molecule has 0 aliphatic carbocycles. The van der Waals surface area contributed by atoms with Gasteiger partial charge in [-0.1, -0.05) is 45.4 Å².